The number of hydrogen-bond acceptors (Lipinski definition) is 6. The topological polar surface area (TPSA) is 96.5 Å². The van der Waals surface area contributed by atoms with Gasteiger partial charge in [0.25, 0.3) is 0 Å². The maximum Gasteiger partial charge on any atom is 0.323 e. The molecule has 0 saturated carbocycles. The number of carbonyl (C=O) groups is 2. The number of ether oxygens (including phenoxy) is 1. The number of anilines is 3. The highest BCUT2D eigenvalue weighted by atomic mass is 19.1. The highest BCUT2D eigenvalue weighted by molar-refractivity contribution is 6.11. The zero-order valence-electron chi connectivity index (χ0n) is 18.7. The number of amides is 2. The number of morpholine rings is 1. The molecule has 35 heavy (non-hydrogen) atoms. The summed E-state index contributed by atoms with van der Waals surface area (Å²) in [5.41, 5.74) is 3.12. The van der Waals surface area contributed by atoms with E-state index < -0.39 is 6.03 Å². The van der Waals surface area contributed by atoms with Crippen LogP contribution in [0.4, 0.5) is 26.4 Å². The van der Waals surface area contributed by atoms with E-state index in [9.17, 15) is 14.0 Å². The molecule has 8 nitrogen and oxygen atoms in total. The van der Waals surface area contributed by atoms with Gasteiger partial charge in [0.05, 0.1) is 30.4 Å². The third-order valence-electron chi connectivity index (χ3n) is 5.61. The highest BCUT2D eigenvalue weighted by Crippen LogP contribution is 2.21. The van der Waals surface area contributed by atoms with E-state index in [1.807, 2.05) is 0 Å². The Morgan fingerprint density at radius 3 is 2.40 bits per heavy atom. The van der Waals surface area contributed by atoms with Gasteiger partial charge in [-0.25, -0.2) is 14.2 Å². The predicted molar refractivity (Wildman–Crippen MR) is 131 cm³/mol. The molecule has 2 heterocycles. The number of carbonyl (C=O) groups excluding carboxylic acids is 2. The lowest BCUT2D eigenvalue weighted by Gasteiger charge is -2.27. The molecule has 1 fully saturated rings. The molecular formula is C26H22FN5O3. The van der Waals surface area contributed by atoms with E-state index in [-0.39, 0.29) is 11.6 Å². The van der Waals surface area contributed by atoms with Crippen LogP contribution in [-0.2, 0) is 4.74 Å². The van der Waals surface area contributed by atoms with Gasteiger partial charge >= 0.3 is 6.03 Å². The van der Waals surface area contributed by atoms with Gasteiger partial charge in [-0.05, 0) is 54.6 Å². The van der Waals surface area contributed by atoms with Crippen LogP contribution in [0, 0.1) is 5.82 Å². The Balaban J connectivity index is 1.32. The summed E-state index contributed by atoms with van der Waals surface area (Å²) in [4.78, 5) is 36.8. The molecule has 0 unspecified atom stereocenters. The van der Waals surface area contributed by atoms with E-state index >= 15 is 0 Å². The smallest absolute Gasteiger partial charge is 0.323 e. The predicted octanol–water partition coefficient (Wildman–Crippen LogP) is 4.48. The number of urea groups is 1. The van der Waals surface area contributed by atoms with Crippen LogP contribution >= 0.6 is 0 Å². The Hall–Kier alpha value is -4.37. The van der Waals surface area contributed by atoms with Crippen molar-refractivity contribution in [3.8, 4) is 0 Å². The largest absolute Gasteiger partial charge is 0.378 e. The number of nitrogens with one attached hydrogen (secondary N) is 2. The Morgan fingerprint density at radius 2 is 1.60 bits per heavy atom. The molecule has 176 valence electrons. The van der Waals surface area contributed by atoms with Gasteiger partial charge in [-0.3, -0.25) is 9.78 Å². The van der Waals surface area contributed by atoms with E-state index in [0.717, 1.165) is 18.9 Å². The fraction of sp³-hybridized carbons (Fsp3) is 0.154. The van der Waals surface area contributed by atoms with Crippen molar-refractivity contribution in [2.45, 2.75) is 0 Å². The average molecular weight is 471 g/mol. The second-order valence-electron chi connectivity index (χ2n) is 8.03. The first-order valence-corrected chi connectivity index (χ1v) is 11.1. The van der Waals surface area contributed by atoms with Crippen molar-refractivity contribution in [2.24, 2.45) is 0 Å². The van der Waals surface area contributed by atoms with Crippen molar-refractivity contribution in [3.63, 3.8) is 0 Å². The van der Waals surface area contributed by atoms with Crippen LogP contribution < -0.4 is 15.5 Å². The standard InChI is InChI=1S/C26H22FN5O3/c27-19-5-7-20(8-6-19)29-26(34)30-21-3-1-2-17(14-21)25(33)18-4-9-22-23(15-18)31-24(16-28-22)32-10-12-35-13-11-32/h1-9,14-16H,10-13H2,(H2,29,30,34). The number of hydrogen-bond donors (Lipinski definition) is 2. The maximum atomic E-state index is 13.2. The van der Waals surface area contributed by atoms with Gasteiger partial charge in [-0.1, -0.05) is 12.1 Å². The third kappa shape index (κ3) is 5.25. The number of ketones is 1. The number of aromatic nitrogens is 2. The van der Waals surface area contributed by atoms with Crippen LogP contribution in [0.2, 0.25) is 0 Å². The lowest BCUT2D eigenvalue weighted by Crippen LogP contribution is -2.36. The van der Waals surface area contributed by atoms with Gasteiger partial charge in [0.2, 0.25) is 0 Å². The summed E-state index contributed by atoms with van der Waals surface area (Å²) in [7, 11) is 0. The number of rotatable bonds is 5. The number of benzene rings is 3. The van der Waals surface area contributed by atoms with Crippen molar-refractivity contribution in [2.75, 3.05) is 41.8 Å². The summed E-state index contributed by atoms with van der Waals surface area (Å²) >= 11 is 0. The lowest BCUT2D eigenvalue weighted by atomic mass is 10.0. The lowest BCUT2D eigenvalue weighted by molar-refractivity contribution is 0.103. The van der Waals surface area contributed by atoms with E-state index in [1.165, 1.54) is 24.3 Å². The molecule has 1 aromatic heterocycles. The second-order valence-corrected chi connectivity index (χ2v) is 8.03. The SMILES string of the molecule is O=C(Nc1ccc(F)cc1)Nc1cccc(C(=O)c2ccc3ncc(N4CCOCC4)nc3c2)c1. The molecule has 1 aliphatic heterocycles. The summed E-state index contributed by atoms with van der Waals surface area (Å²) in [5, 5.41) is 5.31. The van der Waals surface area contributed by atoms with E-state index in [4.69, 9.17) is 9.72 Å². The molecule has 2 amide bonds. The fourth-order valence-corrected chi connectivity index (χ4v) is 3.82. The first kappa shape index (κ1) is 22.4. The fourth-order valence-electron chi connectivity index (χ4n) is 3.82. The van der Waals surface area contributed by atoms with Crippen molar-refractivity contribution in [1.82, 2.24) is 9.97 Å². The third-order valence-corrected chi connectivity index (χ3v) is 5.61. The van der Waals surface area contributed by atoms with Crippen molar-refractivity contribution < 1.29 is 18.7 Å². The van der Waals surface area contributed by atoms with Gasteiger partial charge in [-0.15, -0.1) is 0 Å². The molecule has 0 atom stereocenters. The first-order chi connectivity index (χ1) is 17.0. The zero-order valence-corrected chi connectivity index (χ0v) is 18.7. The van der Waals surface area contributed by atoms with E-state index in [0.29, 0.717) is 46.7 Å². The minimum atomic E-state index is -0.502. The monoisotopic (exact) mass is 471 g/mol. The summed E-state index contributed by atoms with van der Waals surface area (Å²) in [6.07, 6.45) is 1.74. The van der Waals surface area contributed by atoms with Gasteiger partial charge in [-0.2, -0.15) is 0 Å². The number of nitrogens with zero attached hydrogens (tertiary/aromatic N) is 3. The van der Waals surface area contributed by atoms with Crippen LogP contribution in [0.15, 0.2) is 72.9 Å². The van der Waals surface area contributed by atoms with Crippen molar-refractivity contribution >= 4 is 40.0 Å². The molecule has 1 aliphatic rings. The van der Waals surface area contributed by atoms with E-state index in [2.05, 4.69) is 20.5 Å². The molecule has 3 aromatic carbocycles. The summed E-state index contributed by atoms with van der Waals surface area (Å²) in [6.45, 7) is 2.77. The minimum absolute atomic E-state index is 0.201. The van der Waals surface area contributed by atoms with Crippen LogP contribution in [0.25, 0.3) is 11.0 Å². The molecule has 0 aliphatic carbocycles. The molecule has 4 aromatic rings. The van der Waals surface area contributed by atoms with Crippen LogP contribution in [0.5, 0.6) is 0 Å². The quantitative estimate of drug-likeness (QED) is 0.417. The molecule has 2 N–H and O–H groups in total. The Labute approximate surface area is 200 Å². The first-order valence-electron chi connectivity index (χ1n) is 11.1. The number of halogens is 1. The molecule has 0 spiro atoms. The molecular weight excluding hydrogens is 449 g/mol. The normalized spacial score (nSPS) is 13.5. The Bertz CT molecular complexity index is 1390. The van der Waals surface area contributed by atoms with Gasteiger partial charge in [0.15, 0.2) is 5.78 Å². The van der Waals surface area contributed by atoms with E-state index in [1.54, 1.807) is 48.7 Å². The Morgan fingerprint density at radius 1 is 0.857 bits per heavy atom. The summed E-state index contributed by atoms with van der Waals surface area (Å²) in [6, 6.07) is 16.8. The van der Waals surface area contributed by atoms with Crippen molar-refractivity contribution in [3.05, 3.63) is 89.9 Å². The molecule has 9 heteroatoms. The summed E-state index contributed by atoms with van der Waals surface area (Å²) in [5.74, 6) is 0.163. The molecule has 5 rings (SSSR count). The molecule has 1 saturated heterocycles. The second kappa shape index (κ2) is 9.86. The Kier molecular flexibility index (Phi) is 6.32. The molecule has 0 radical (unpaired) electrons. The summed E-state index contributed by atoms with van der Waals surface area (Å²) < 4.78 is 18.4. The molecule has 0 bridgehead atoms. The van der Waals surface area contributed by atoms with Gasteiger partial charge < -0.3 is 20.3 Å². The van der Waals surface area contributed by atoms with Gasteiger partial charge in [0.1, 0.15) is 11.6 Å². The van der Waals surface area contributed by atoms with Gasteiger partial charge in [0, 0.05) is 35.6 Å². The number of fused-ring (bicyclic) bond motifs is 1. The average Bonchev–Trinajstić information content (AvgIpc) is 2.89. The highest BCUT2D eigenvalue weighted by Gasteiger charge is 2.15. The van der Waals surface area contributed by atoms with Crippen LogP contribution in [0.3, 0.4) is 0 Å². The zero-order chi connectivity index (χ0) is 24.2. The maximum absolute atomic E-state index is 13.2. The van der Waals surface area contributed by atoms with Crippen LogP contribution in [0.1, 0.15) is 15.9 Å². The van der Waals surface area contributed by atoms with Crippen molar-refractivity contribution in [1.29, 1.82) is 0 Å². The van der Waals surface area contributed by atoms with Crippen LogP contribution in [-0.4, -0.2) is 48.1 Å². The minimum Gasteiger partial charge on any atom is -0.378 e.